The van der Waals surface area contributed by atoms with Gasteiger partial charge < -0.3 is 5.11 Å². The molecule has 3 heteroatoms. The second-order valence-corrected chi connectivity index (χ2v) is 3.65. The van der Waals surface area contributed by atoms with Gasteiger partial charge in [-0.15, -0.1) is 0 Å². The third kappa shape index (κ3) is 3.76. The number of halogens is 1. The van der Waals surface area contributed by atoms with Gasteiger partial charge in [0.1, 0.15) is 0 Å². The molecule has 0 amide bonds. The van der Waals surface area contributed by atoms with Crippen LogP contribution in [0.2, 0.25) is 5.02 Å². The monoisotopic (exact) mass is 224 g/mol. The fraction of sp³-hybridized carbons (Fsp3) is 0.250. The average molecular weight is 225 g/mol. The molecule has 80 valence electrons. The molecular weight excluding hydrogens is 212 g/mol. The zero-order valence-electron chi connectivity index (χ0n) is 8.53. The molecule has 1 rings (SSSR count). The van der Waals surface area contributed by atoms with Gasteiger partial charge in [0.05, 0.1) is 0 Å². The summed E-state index contributed by atoms with van der Waals surface area (Å²) < 4.78 is 0. The molecule has 0 aliphatic carbocycles. The van der Waals surface area contributed by atoms with Gasteiger partial charge in [0.15, 0.2) is 0 Å². The number of rotatable bonds is 4. The predicted octanol–water partition coefficient (Wildman–Crippen LogP) is 3.61. The topological polar surface area (TPSA) is 37.3 Å². The molecule has 0 fully saturated rings. The minimum atomic E-state index is -0.775. The highest BCUT2D eigenvalue weighted by Gasteiger charge is 2.03. The Labute approximate surface area is 94.2 Å². The minimum absolute atomic E-state index is 0.155. The van der Waals surface area contributed by atoms with Crippen LogP contribution in [-0.4, -0.2) is 11.1 Å². The Balaban J connectivity index is 2.75. The first-order valence-corrected chi connectivity index (χ1v) is 5.14. The number of carboxylic acid groups (broad SMARTS) is 1. The molecule has 1 N–H and O–H groups in total. The molecule has 0 aliphatic rings. The van der Waals surface area contributed by atoms with Crippen LogP contribution >= 0.6 is 11.6 Å². The molecule has 0 saturated heterocycles. The molecule has 0 atom stereocenters. The normalized spacial score (nSPS) is 11.5. The number of benzene rings is 1. The molecule has 0 bridgehead atoms. The van der Waals surface area contributed by atoms with Crippen molar-refractivity contribution < 1.29 is 9.90 Å². The molecule has 0 aliphatic heterocycles. The molecule has 1 aromatic carbocycles. The van der Waals surface area contributed by atoms with Crippen molar-refractivity contribution in [2.75, 3.05) is 0 Å². The van der Waals surface area contributed by atoms with Crippen LogP contribution in [-0.2, 0) is 4.79 Å². The molecule has 0 saturated carbocycles. The predicted molar refractivity (Wildman–Crippen MR) is 62.0 cm³/mol. The molecule has 15 heavy (non-hydrogen) atoms. The molecule has 1 aromatic rings. The lowest BCUT2D eigenvalue weighted by Gasteiger charge is -2.05. The number of allylic oxidation sites excluding steroid dienone is 2. The third-order valence-electron chi connectivity index (χ3n) is 2.17. The van der Waals surface area contributed by atoms with E-state index in [2.05, 4.69) is 0 Å². The van der Waals surface area contributed by atoms with Crippen molar-refractivity contribution in [2.24, 2.45) is 0 Å². The Morgan fingerprint density at radius 3 is 2.40 bits per heavy atom. The van der Waals surface area contributed by atoms with Crippen LogP contribution in [0.5, 0.6) is 0 Å². The molecule has 0 heterocycles. The maximum Gasteiger partial charge on any atom is 0.303 e. The van der Waals surface area contributed by atoms with E-state index in [1.165, 1.54) is 0 Å². The number of carbonyl (C=O) groups is 1. The van der Waals surface area contributed by atoms with Gasteiger partial charge in [0, 0.05) is 11.4 Å². The summed E-state index contributed by atoms with van der Waals surface area (Å²) in [5.41, 5.74) is 2.07. The number of hydrogen-bond donors (Lipinski definition) is 1. The largest absolute Gasteiger partial charge is 0.481 e. The molecule has 0 aromatic heterocycles. The number of carboxylic acids is 1. The highest BCUT2D eigenvalue weighted by Crippen LogP contribution is 2.21. The van der Waals surface area contributed by atoms with Crippen molar-refractivity contribution in [3.63, 3.8) is 0 Å². The summed E-state index contributed by atoms with van der Waals surface area (Å²) in [5.74, 6) is -0.775. The van der Waals surface area contributed by atoms with Gasteiger partial charge >= 0.3 is 5.97 Å². The van der Waals surface area contributed by atoms with Gasteiger partial charge in [-0.1, -0.05) is 29.8 Å². The summed E-state index contributed by atoms with van der Waals surface area (Å²) in [6.45, 7) is 1.91. The van der Waals surface area contributed by atoms with Crippen LogP contribution in [0.15, 0.2) is 30.3 Å². The van der Waals surface area contributed by atoms with Crippen molar-refractivity contribution in [3.05, 3.63) is 40.9 Å². The highest BCUT2D eigenvalue weighted by molar-refractivity contribution is 6.30. The van der Waals surface area contributed by atoms with E-state index in [4.69, 9.17) is 16.7 Å². The first kappa shape index (κ1) is 11.8. The fourth-order valence-corrected chi connectivity index (χ4v) is 1.49. The highest BCUT2D eigenvalue weighted by atomic mass is 35.5. The smallest absolute Gasteiger partial charge is 0.303 e. The summed E-state index contributed by atoms with van der Waals surface area (Å²) in [6.07, 6.45) is 2.64. The lowest BCUT2D eigenvalue weighted by Crippen LogP contribution is -1.95. The zero-order valence-corrected chi connectivity index (χ0v) is 9.29. The Morgan fingerprint density at radius 1 is 1.33 bits per heavy atom. The first-order chi connectivity index (χ1) is 7.13. The van der Waals surface area contributed by atoms with Crippen LogP contribution in [0.1, 0.15) is 25.3 Å². The molecule has 0 spiro atoms. The summed E-state index contributed by atoms with van der Waals surface area (Å²) in [4.78, 5) is 10.5. The lowest BCUT2D eigenvalue weighted by atomic mass is 10.0. The summed E-state index contributed by atoms with van der Waals surface area (Å²) in [5, 5.41) is 9.29. The van der Waals surface area contributed by atoms with Crippen LogP contribution in [0.4, 0.5) is 0 Å². The van der Waals surface area contributed by atoms with Crippen molar-refractivity contribution in [2.45, 2.75) is 19.8 Å². The fourth-order valence-electron chi connectivity index (χ4n) is 1.36. The van der Waals surface area contributed by atoms with E-state index in [0.717, 1.165) is 11.1 Å². The lowest BCUT2D eigenvalue weighted by molar-refractivity contribution is -0.136. The summed E-state index contributed by atoms with van der Waals surface area (Å²) >= 11 is 5.77. The number of hydrogen-bond acceptors (Lipinski definition) is 1. The Hall–Kier alpha value is -1.28. The van der Waals surface area contributed by atoms with E-state index < -0.39 is 5.97 Å². The molecule has 2 nitrogen and oxygen atoms in total. The van der Waals surface area contributed by atoms with E-state index in [1.54, 1.807) is 12.1 Å². The van der Waals surface area contributed by atoms with Gasteiger partial charge in [0.25, 0.3) is 0 Å². The second kappa shape index (κ2) is 5.56. The third-order valence-corrected chi connectivity index (χ3v) is 2.42. The number of aliphatic carboxylic acids is 1. The van der Waals surface area contributed by atoms with E-state index in [9.17, 15) is 4.79 Å². The van der Waals surface area contributed by atoms with Gasteiger partial charge in [0.2, 0.25) is 0 Å². The molecule has 0 unspecified atom stereocenters. The van der Waals surface area contributed by atoms with Crippen molar-refractivity contribution in [1.82, 2.24) is 0 Å². The summed E-state index contributed by atoms with van der Waals surface area (Å²) in [6, 6.07) is 7.42. The van der Waals surface area contributed by atoms with E-state index in [0.29, 0.717) is 11.4 Å². The van der Waals surface area contributed by atoms with Crippen LogP contribution in [0.3, 0.4) is 0 Å². The Morgan fingerprint density at radius 2 is 1.93 bits per heavy atom. The van der Waals surface area contributed by atoms with E-state index >= 15 is 0 Å². The summed E-state index contributed by atoms with van der Waals surface area (Å²) in [7, 11) is 0. The maximum absolute atomic E-state index is 10.5. The zero-order chi connectivity index (χ0) is 11.3. The second-order valence-electron chi connectivity index (χ2n) is 3.21. The van der Waals surface area contributed by atoms with Crippen molar-refractivity contribution in [1.29, 1.82) is 0 Å². The van der Waals surface area contributed by atoms with Crippen molar-refractivity contribution in [3.8, 4) is 0 Å². The maximum atomic E-state index is 10.5. The first-order valence-electron chi connectivity index (χ1n) is 4.76. The average Bonchev–Trinajstić information content (AvgIpc) is 2.21. The van der Waals surface area contributed by atoms with Gasteiger partial charge in [-0.2, -0.15) is 0 Å². The Bertz CT molecular complexity index is 366. The standard InChI is InChI=1S/C12H13ClO2/c1-2-9(5-8-12(14)15)10-3-6-11(13)7-4-10/h2-4,6-7H,5,8H2,1H3,(H,14,15)/b9-2+. The SMILES string of the molecule is C/C=C(\CCC(=O)O)c1ccc(Cl)cc1. The van der Waals surface area contributed by atoms with E-state index in [-0.39, 0.29) is 6.42 Å². The molecule has 0 radical (unpaired) electrons. The van der Waals surface area contributed by atoms with Crippen molar-refractivity contribution >= 4 is 23.1 Å². The van der Waals surface area contributed by atoms with Gasteiger partial charge in [-0.3, -0.25) is 4.79 Å². The Kier molecular flexibility index (Phi) is 4.37. The van der Waals surface area contributed by atoms with Crippen LogP contribution in [0, 0.1) is 0 Å². The molecular formula is C12H13ClO2. The van der Waals surface area contributed by atoms with E-state index in [1.807, 2.05) is 25.1 Å². The van der Waals surface area contributed by atoms with Gasteiger partial charge in [-0.05, 0) is 36.6 Å². The van der Waals surface area contributed by atoms with Crippen LogP contribution in [0.25, 0.3) is 5.57 Å². The van der Waals surface area contributed by atoms with Crippen LogP contribution < -0.4 is 0 Å². The quantitative estimate of drug-likeness (QED) is 0.849. The minimum Gasteiger partial charge on any atom is -0.481 e. The van der Waals surface area contributed by atoms with Gasteiger partial charge in [-0.25, -0.2) is 0 Å².